The van der Waals surface area contributed by atoms with E-state index in [2.05, 4.69) is 25.2 Å². The fourth-order valence-electron chi connectivity index (χ4n) is 6.07. The van der Waals surface area contributed by atoms with Crippen LogP contribution in [0.15, 0.2) is 23.8 Å². The number of Topliss-reactive ketones (excluding diaryl/α,β-unsaturated/α-hetero) is 1. The van der Waals surface area contributed by atoms with Crippen LogP contribution in [0.5, 0.6) is 0 Å². The van der Waals surface area contributed by atoms with E-state index >= 15 is 0 Å². The molecule has 3 fully saturated rings. The largest absolute Gasteiger partial charge is 0.302 e. The molecule has 0 spiro atoms. The first kappa shape index (κ1) is 13.5. The van der Waals surface area contributed by atoms with Gasteiger partial charge in [-0.3, -0.25) is 4.79 Å². The summed E-state index contributed by atoms with van der Waals surface area (Å²) in [6.45, 7) is 2.20. The molecule has 0 N–H and O–H groups in total. The summed E-state index contributed by atoms with van der Waals surface area (Å²) in [5.41, 5.74) is 1.02. The minimum absolute atomic E-state index is 0.0863. The minimum atomic E-state index is -0.245. The highest BCUT2D eigenvalue weighted by Crippen LogP contribution is 2.63. The third-order valence-corrected chi connectivity index (χ3v) is 7.25. The molecule has 0 aromatic rings. The maximum Gasteiger partial charge on any atom is 0.139 e. The van der Waals surface area contributed by atoms with Crippen LogP contribution in [-0.4, -0.2) is 12.1 Å². The third-order valence-electron chi connectivity index (χ3n) is 7.25. The second-order valence-electron chi connectivity index (χ2n) is 7.82. The maximum absolute atomic E-state index is 12.3. The summed E-state index contributed by atoms with van der Waals surface area (Å²) in [6, 6.07) is 0. The van der Waals surface area contributed by atoms with Gasteiger partial charge in [0.05, 0.1) is 5.41 Å². The molecule has 4 aliphatic rings. The van der Waals surface area contributed by atoms with Crippen molar-refractivity contribution in [1.29, 1.82) is 0 Å². The van der Waals surface area contributed by atoms with Crippen molar-refractivity contribution in [3.63, 3.8) is 0 Å². The average molecular weight is 284 g/mol. The quantitative estimate of drug-likeness (QED) is 0.685. The van der Waals surface area contributed by atoms with Gasteiger partial charge in [0.15, 0.2) is 0 Å². The lowest BCUT2D eigenvalue weighted by Gasteiger charge is -2.55. The molecule has 0 saturated heterocycles. The van der Waals surface area contributed by atoms with Crippen molar-refractivity contribution in [3.8, 4) is 0 Å². The van der Waals surface area contributed by atoms with Crippen LogP contribution in [0.1, 0.15) is 51.9 Å². The highest BCUT2D eigenvalue weighted by atomic mass is 16.1. The number of aldehydes is 1. The van der Waals surface area contributed by atoms with E-state index in [9.17, 15) is 9.59 Å². The molecule has 0 aliphatic heterocycles. The van der Waals surface area contributed by atoms with Crippen molar-refractivity contribution in [2.24, 2.45) is 28.6 Å². The van der Waals surface area contributed by atoms with Gasteiger partial charge in [0.2, 0.25) is 0 Å². The van der Waals surface area contributed by atoms with Crippen LogP contribution < -0.4 is 0 Å². The molecule has 0 bridgehead atoms. The summed E-state index contributed by atoms with van der Waals surface area (Å²) in [4.78, 5) is 24.4. The van der Waals surface area contributed by atoms with Gasteiger partial charge in [0, 0.05) is 11.8 Å². The number of ketones is 1. The molecule has 0 unspecified atom stereocenters. The molecule has 0 radical (unpaired) electrons. The Morgan fingerprint density at radius 3 is 2.86 bits per heavy atom. The maximum atomic E-state index is 12.3. The highest BCUT2D eigenvalue weighted by Gasteiger charge is 2.59. The fraction of sp³-hybridized carbons (Fsp3) is 0.684. The van der Waals surface area contributed by atoms with Gasteiger partial charge >= 0.3 is 0 Å². The van der Waals surface area contributed by atoms with Gasteiger partial charge in [-0.1, -0.05) is 30.7 Å². The van der Waals surface area contributed by atoms with Gasteiger partial charge in [-0.2, -0.15) is 0 Å². The lowest BCUT2D eigenvalue weighted by atomic mass is 9.48. The molecular formula is C19H24O2. The fourth-order valence-corrected chi connectivity index (χ4v) is 6.07. The first-order valence-electron chi connectivity index (χ1n) is 8.48. The molecule has 2 heteroatoms. The number of fused-ring (bicyclic) bond motifs is 5. The lowest BCUT2D eigenvalue weighted by molar-refractivity contribution is -0.134. The van der Waals surface area contributed by atoms with Gasteiger partial charge in [-0.25, -0.2) is 0 Å². The van der Waals surface area contributed by atoms with Crippen LogP contribution in [0.4, 0.5) is 0 Å². The monoisotopic (exact) mass is 284 g/mol. The van der Waals surface area contributed by atoms with E-state index in [1.165, 1.54) is 18.3 Å². The van der Waals surface area contributed by atoms with E-state index in [4.69, 9.17) is 0 Å². The van der Waals surface area contributed by atoms with Crippen molar-refractivity contribution in [2.75, 3.05) is 0 Å². The number of rotatable bonds is 1. The second-order valence-corrected chi connectivity index (χ2v) is 7.82. The van der Waals surface area contributed by atoms with Gasteiger partial charge in [0.1, 0.15) is 12.1 Å². The summed E-state index contributed by atoms with van der Waals surface area (Å²) >= 11 is 0. The van der Waals surface area contributed by atoms with Crippen LogP contribution in [0, 0.1) is 28.6 Å². The Morgan fingerprint density at radius 1 is 1.19 bits per heavy atom. The Hall–Kier alpha value is -1.18. The molecule has 4 rings (SSSR count). The van der Waals surface area contributed by atoms with E-state index in [-0.39, 0.29) is 10.8 Å². The number of hydrogen-bond donors (Lipinski definition) is 0. The minimum Gasteiger partial charge on any atom is -0.302 e. The number of carbonyl (C=O) groups is 2. The summed E-state index contributed by atoms with van der Waals surface area (Å²) in [5.74, 6) is 2.04. The number of allylic oxidation sites excluding steroid dienone is 4. The van der Waals surface area contributed by atoms with E-state index in [1.807, 2.05) is 0 Å². The second kappa shape index (κ2) is 4.41. The summed E-state index contributed by atoms with van der Waals surface area (Å²) in [7, 11) is 0. The zero-order chi connectivity index (χ0) is 14.7. The Balaban J connectivity index is 1.74. The van der Waals surface area contributed by atoms with Crippen LogP contribution in [0.3, 0.4) is 0 Å². The Labute approximate surface area is 126 Å². The van der Waals surface area contributed by atoms with E-state index < -0.39 is 0 Å². The summed E-state index contributed by atoms with van der Waals surface area (Å²) in [6.07, 6.45) is 14.7. The van der Waals surface area contributed by atoms with Crippen LogP contribution in [0.25, 0.3) is 0 Å². The smallest absolute Gasteiger partial charge is 0.139 e. The predicted molar refractivity (Wildman–Crippen MR) is 81.6 cm³/mol. The summed E-state index contributed by atoms with van der Waals surface area (Å²) < 4.78 is 0. The molecule has 0 aromatic heterocycles. The molecule has 4 aliphatic carbocycles. The molecule has 2 nitrogen and oxygen atoms in total. The van der Waals surface area contributed by atoms with Crippen LogP contribution in [-0.2, 0) is 9.59 Å². The Kier molecular flexibility index (Phi) is 2.83. The number of hydrogen-bond acceptors (Lipinski definition) is 2. The molecule has 5 atom stereocenters. The van der Waals surface area contributed by atoms with E-state index in [0.29, 0.717) is 23.5 Å². The zero-order valence-corrected chi connectivity index (χ0v) is 12.8. The van der Waals surface area contributed by atoms with Crippen molar-refractivity contribution in [1.82, 2.24) is 0 Å². The Bertz CT molecular complexity index is 558. The Morgan fingerprint density at radius 2 is 2.05 bits per heavy atom. The molecule has 112 valence electrons. The predicted octanol–water partition coefficient (Wildman–Crippen LogP) is 3.86. The highest BCUT2D eigenvalue weighted by molar-refractivity contribution is 5.87. The van der Waals surface area contributed by atoms with Gasteiger partial charge in [-0.05, 0) is 56.3 Å². The first-order chi connectivity index (χ1) is 10.1. The van der Waals surface area contributed by atoms with E-state index in [0.717, 1.165) is 38.5 Å². The van der Waals surface area contributed by atoms with E-state index in [1.54, 1.807) is 0 Å². The van der Waals surface area contributed by atoms with Crippen molar-refractivity contribution < 1.29 is 9.59 Å². The molecule has 3 saturated carbocycles. The lowest BCUT2D eigenvalue weighted by Crippen LogP contribution is -2.51. The van der Waals surface area contributed by atoms with Gasteiger partial charge in [0.25, 0.3) is 0 Å². The topological polar surface area (TPSA) is 34.1 Å². The molecular weight excluding hydrogens is 260 g/mol. The normalized spacial score (nSPS) is 48.1. The average Bonchev–Trinajstić information content (AvgIpc) is 2.82. The van der Waals surface area contributed by atoms with Gasteiger partial charge < -0.3 is 4.79 Å². The van der Waals surface area contributed by atoms with Crippen molar-refractivity contribution in [3.05, 3.63) is 23.8 Å². The summed E-state index contributed by atoms with van der Waals surface area (Å²) in [5, 5.41) is 0. The van der Waals surface area contributed by atoms with Crippen molar-refractivity contribution >= 4 is 12.1 Å². The molecule has 0 heterocycles. The molecule has 0 aromatic carbocycles. The third kappa shape index (κ3) is 1.59. The SMILES string of the molecule is C[C@]12CC[C@H]3[C@@H](CCC4=CC=CC[C@@]43C=O)[C@@H]1CCC2=O. The molecule has 0 amide bonds. The first-order valence-corrected chi connectivity index (χ1v) is 8.48. The van der Waals surface area contributed by atoms with Gasteiger partial charge in [-0.15, -0.1) is 0 Å². The zero-order valence-electron chi connectivity index (χ0n) is 12.8. The van der Waals surface area contributed by atoms with Crippen LogP contribution >= 0.6 is 0 Å². The number of carbonyl (C=O) groups excluding carboxylic acids is 2. The van der Waals surface area contributed by atoms with Crippen LogP contribution in [0.2, 0.25) is 0 Å². The molecule has 21 heavy (non-hydrogen) atoms. The standard InChI is InChI=1S/C19H24O2/c1-18-11-9-16-14(15(18)7-8-17(18)21)6-5-13-4-2-3-10-19(13,16)12-20/h2-4,12,14-16H,5-11H2,1H3/t14-,15-,16-,18-,19+/m0/s1. The van der Waals surface area contributed by atoms with Crippen molar-refractivity contribution in [2.45, 2.75) is 51.9 Å².